The molecule has 6 heteroatoms. The summed E-state index contributed by atoms with van der Waals surface area (Å²) in [5, 5.41) is 1.81. The highest BCUT2D eigenvalue weighted by Crippen LogP contribution is 2.24. The zero-order chi connectivity index (χ0) is 13.2. The monoisotopic (exact) mass is 246 g/mol. The van der Waals surface area contributed by atoms with Gasteiger partial charge in [0.1, 0.15) is 0 Å². The summed E-state index contributed by atoms with van der Waals surface area (Å²) in [5.41, 5.74) is 1.80. The van der Waals surface area contributed by atoms with Crippen LogP contribution in [0.25, 0.3) is 0 Å². The number of hydrogen-bond donors (Lipinski definition) is 1. The molecule has 0 aromatic heterocycles. The number of halogens is 3. The number of nitrogens with zero attached hydrogens (tertiary/aromatic N) is 1. The van der Waals surface area contributed by atoms with Crippen molar-refractivity contribution in [3.05, 3.63) is 23.8 Å². The van der Waals surface area contributed by atoms with Crippen LogP contribution in [0.1, 0.15) is 5.56 Å². The molecule has 0 aliphatic rings. The minimum absolute atomic E-state index is 0.127. The third kappa shape index (κ3) is 3.37. The van der Waals surface area contributed by atoms with Gasteiger partial charge in [0.05, 0.1) is 0 Å². The van der Waals surface area contributed by atoms with Gasteiger partial charge in [0.25, 0.3) is 0 Å². The fourth-order valence-corrected chi connectivity index (χ4v) is 1.37. The molecular weight excluding hydrogens is 233 g/mol. The lowest BCUT2D eigenvalue weighted by Gasteiger charge is -2.17. The van der Waals surface area contributed by atoms with Crippen LogP contribution in [0, 0.1) is 6.92 Å². The maximum Gasteiger partial charge on any atom is 0.471 e. The highest BCUT2D eigenvalue weighted by Gasteiger charge is 2.38. The minimum atomic E-state index is -4.87. The number of carbonyl (C=O) groups is 1. The van der Waals surface area contributed by atoms with Gasteiger partial charge in [0.15, 0.2) is 0 Å². The van der Waals surface area contributed by atoms with Crippen LogP contribution in [-0.2, 0) is 4.79 Å². The lowest BCUT2D eigenvalue weighted by Crippen LogP contribution is -2.30. The van der Waals surface area contributed by atoms with Gasteiger partial charge in [-0.15, -0.1) is 0 Å². The SMILES string of the molecule is Cc1ccc(NC(=O)C(F)(F)F)cc1N(C)C. The molecule has 0 unspecified atom stereocenters. The Morgan fingerprint density at radius 3 is 2.35 bits per heavy atom. The second kappa shape index (κ2) is 4.65. The smallest absolute Gasteiger partial charge is 0.377 e. The van der Waals surface area contributed by atoms with E-state index in [1.54, 1.807) is 25.1 Å². The Labute approximate surface area is 97.2 Å². The largest absolute Gasteiger partial charge is 0.471 e. The van der Waals surface area contributed by atoms with Gasteiger partial charge in [0.2, 0.25) is 0 Å². The van der Waals surface area contributed by atoms with E-state index in [0.29, 0.717) is 0 Å². The van der Waals surface area contributed by atoms with Crippen molar-refractivity contribution < 1.29 is 18.0 Å². The Kier molecular flexibility index (Phi) is 3.65. The highest BCUT2D eigenvalue weighted by molar-refractivity contribution is 5.95. The van der Waals surface area contributed by atoms with Crippen LogP contribution < -0.4 is 10.2 Å². The molecule has 1 N–H and O–H groups in total. The molecule has 1 amide bonds. The Morgan fingerprint density at radius 2 is 1.88 bits per heavy atom. The maximum atomic E-state index is 12.1. The second-order valence-corrected chi connectivity index (χ2v) is 3.85. The van der Waals surface area contributed by atoms with Crippen LogP contribution in [0.15, 0.2) is 18.2 Å². The number of nitrogens with one attached hydrogen (secondary N) is 1. The summed E-state index contributed by atoms with van der Waals surface area (Å²) in [6.07, 6.45) is -4.87. The molecule has 1 aromatic rings. The van der Waals surface area contributed by atoms with E-state index < -0.39 is 12.1 Å². The number of carbonyl (C=O) groups excluding carboxylic acids is 1. The first-order chi connectivity index (χ1) is 7.71. The molecule has 3 nitrogen and oxygen atoms in total. The lowest BCUT2D eigenvalue weighted by atomic mass is 10.1. The first-order valence-electron chi connectivity index (χ1n) is 4.88. The molecule has 1 rings (SSSR count). The van der Waals surface area contributed by atoms with Gasteiger partial charge in [-0.3, -0.25) is 4.79 Å². The molecule has 1 aromatic carbocycles. The van der Waals surface area contributed by atoms with Crippen LogP contribution in [0.3, 0.4) is 0 Å². The quantitative estimate of drug-likeness (QED) is 0.869. The van der Waals surface area contributed by atoms with Crippen molar-refractivity contribution in [1.82, 2.24) is 0 Å². The van der Waals surface area contributed by atoms with E-state index in [1.807, 2.05) is 12.2 Å². The predicted molar refractivity (Wildman–Crippen MR) is 60.2 cm³/mol. The van der Waals surface area contributed by atoms with E-state index in [-0.39, 0.29) is 5.69 Å². The molecule has 0 saturated heterocycles. The number of aryl methyl sites for hydroxylation is 1. The normalized spacial score (nSPS) is 11.2. The van der Waals surface area contributed by atoms with Gasteiger partial charge in [-0.1, -0.05) is 6.07 Å². The topological polar surface area (TPSA) is 32.3 Å². The first kappa shape index (κ1) is 13.3. The summed E-state index contributed by atoms with van der Waals surface area (Å²) in [6.45, 7) is 1.84. The van der Waals surface area contributed by atoms with E-state index in [9.17, 15) is 18.0 Å². The zero-order valence-electron chi connectivity index (χ0n) is 9.72. The van der Waals surface area contributed by atoms with Crippen molar-refractivity contribution in [1.29, 1.82) is 0 Å². The Morgan fingerprint density at radius 1 is 1.29 bits per heavy atom. The first-order valence-corrected chi connectivity index (χ1v) is 4.88. The standard InChI is InChI=1S/C11H13F3N2O/c1-7-4-5-8(6-9(7)16(2)3)15-10(17)11(12,13)14/h4-6H,1-3H3,(H,15,17). The summed E-state index contributed by atoms with van der Waals surface area (Å²) in [4.78, 5) is 12.5. The predicted octanol–water partition coefficient (Wildman–Crippen LogP) is 2.56. The molecule has 0 radical (unpaired) electrons. The molecular formula is C11H13F3N2O. The minimum Gasteiger partial charge on any atom is -0.377 e. The average molecular weight is 246 g/mol. The molecule has 0 atom stereocenters. The zero-order valence-corrected chi connectivity index (χ0v) is 9.72. The van der Waals surface area contributed by atoms with Gasteiger partial charge < -0.3 is 10.2 Å². The van der Waals surface area contributed by atoms with Gasteiger partial charge in [-0.25, -0.2) is 0 Å². The molecule has 0 bridgehead atoms. The molecule has 0 heterocycles. The Balaban J connectivity index is 2.94. The second-order valence-electron chi connectivity index (χ2n) is 3.85. The van der Waals surface area contributed by atoms with E-state index in [2.05, 4.69) is 0 Å². The lowest BCUT2D eigenvalue weighted by molar-refractivity contribution is -0.167. The molecule has 0 saturated carbocycles. The molecule has 0 fully saturated rings. The molecule has 17 heavy (non-hydrogen) atoms. The van der Waals surface area contributed by atoms with Crippen molar-refractivity contribution in [3.8, 4) is 0 Å². The van der Waals surface area contributed by atoms with E-state index >= 15 is 0 Å². The van der Waals surface area contributed by atoms with Crippen molar-refractivity contribution in [2.75, 3.05) is 24.3 Å². The van der Waals surface area contributed by atoms with E-state index in [1.165, 1.54) is 12.1 Å². The van der Waals surface area contributed by atoms with Crippen LogP contribution in [0.5, 0.6) is 0 Å². The van der Waals surface area contributed by atoms with Crippen LogP contribution >= 0.6 is 0 Å². The van der Waals surface area contributed by atoms with E-state index in [4.69, 9.17) is 0 Å². The van der Waals surface area contributed by atoms with Crippen LogP contribution in [0.2, 0.25) is 0 Å². The molecule has 0 aliphatic heterocycles. The van der Waals surface area contributed by atoms with E-state index in [0.717, 1.165) is 11.3 Å². The molecule has 0 aliphatic carbocycles. The number of hydrogen-bond acceptors (Lipinski definition) is 2. The number of rotatable bonds is 2. The number of anilines is 2. The van der Waals surface area contributed by atoms with Gasteiger partial charge in [0, 0.05) is 25.5 Å². The summed E-state index contributed by atoms with van der Waals surface area (Å²) in [7, 11) is 3.55. The summed E-state index contributed by atoms with van der Waals surface area (Å²) < 4.78 is 36.2. The Bertz CT molecular complexity index is 427. The van der Waals surface area contributed by atoms with Crippen molar-refractivity contribution >= 4 is 17.3 Å². The third-order valence-corrected chi connectivity index (χ3v) is 2.21. The summed E-state index contributed by atoms with van der Waals surface area (Å²) in [5.74, 6) is -1.97. The number of benzene rings is 1. The van der Waals surface area contributed by atoms with Crippen LogP contribution in [-0.4, -0.2) is 26.2 Å². The van der Waals surface area contributed by atoms with Gasteiger partial charge >= 0.3 is 12.1 Å². The molecule has 94 valence electrons. The average Bonchev–Trinajstić information content (AvgIpc) is 2.19. The van der Waals surface area contributed by atoms with Gasteiger partial charge in [-0.2, -0.15) is 13.2 Å². The third-order valence-electron chi connectivity index (χ3n) is 2.21. The Hall–Kier alpha value is -1.72. The van der Waals surface area contributed by atoms with Crippen LogP contribution in [0.4, 0.5) is 24.5 Å². The highest BCUT2D eigenvalue weighted by atomic mass is 19.4. The summed E-state index contributed by atoms with van der Waals surface area (Å²) >= 11 is 0. The van der Waals surface area contributed by atoms with Crippen molar-refractivity contribution in [2.24, 2.45) is 0 Å². The summed E-state index contributed by atoms with van der Waals surface area (Å²) in [6, 6.07) is 4.59. The van der Waals surface area contributed by atoms with Gasteiger partial charge in [-0.05, 0) is 24.6 Å². The molecule has 0 spiro atoms. The fraction of sp³-hybridized carbons (Fsp3) is 0.364. The van der Waals surface area contributed by atoms with Crippen molar-refractivity contribution in [3.63, 3.8) is 0 Å². The maximum absolute atomic E-state index is 12.1. The fourth-order valence-electron chi connectivity index (χ4n) is 1.37. The van der Waals surface area contributed by atoms with Crippen molar-refractivity contribution in [2.45, 2.75) is 13.1 Å². The number of alkyl halides is 3. The number of amides is 1.